The normalized spacial score (nSPS) is 17.5. The third-order valence-electron chi connectivity index (χ3n) is 3.16. The van der Waals surface area contributed by atoms with Crippen LogP contribution in [0, 0.1) is 11.8 Å². The van der Waals surface area contributed by atoms with E-state index in [1.54, 1.807) is 7.11 Å². The lowest BCUT2D eigenvalue weighted by molar-refractivity contribution is 0.209. The van der Waals surface area contributed by atoms with E-state index in [0.29, 0.717) is 12.5 Å². The molecule has 1 atom stereocenters. The van der Waals surface area contributed by atoms with Gasteiger partial charge in [0.25, 0.3) is 0 Å². The molecule has 0 spiro atoms. The molecule has 82 valence electrons. The first kappa shape index (κ1) is 10.5. The fourth-order valence-electron chi connectivity index (χ4n) is 2.05. The Morgan fingerprint density at radius 1 is 1.47 bits per heavy atom. The smallest absolute Gasteiger partial charge is 0.119 e. The third-order valence-corrected chi connectivity index (χ3v) is 3.16. The second kappa shape index (κ2) is 4.67. The van der Waals surface area contributed by atoms with Gasteiger partial charge in [0.2, 0.25) is 0 Å². The molecule has 1 unspecified atom stereocenters. The first-order chi connectivity index (χ1) is 7.33. The van der Waals surface area contributed by atoms with E-state index in [9.17, 15) is 5.11 Å². The number of aliphatic hydroxyl groups excluding tert-OH is 1. The summed E-state index contributed by atoms with van der Waals surface area (Å²) in [5.41, 5.74) is 1.26. The lowest BCUT2D eigenvalue weighted by Crippen LogP contribution is -2.11. The summed E-state index contributed by atoms with van der Waals surface area (Å²) in [5, 5.41) is 9.29. The van der Waals surface area contributed by atoms with Crippen molar-refractivity contribution < 1.29 is 9.84 Å². The number of hydrogen-bond acceptors (Lipinski definition) is 2. The maximum absolute atomic E-state index is 9.29. The summed E-state index contributed by atoms with van der Waals surface area (Å²) >= 11 is 0. The molecule has 2 rings (SSSR count). The number of benzene rings is 1. The molecule has 0 saturated heterocycles. The van der Waals surface area contributed by atoms with E-state index in [4.69, 9.17) is 4.74 Å². The van der Waals surface area contributed by atoms with E-state index >= 15 is 0 Å². The van der Waals surface area contributed by atoms with Gasteiger partial charge in [0.05, 0.1) is 7.11 Å². The Morgan fingerprint density at radius 2 is 2.27 bits per heavy atom. The molecular weight excluding hydrogens is 188 g/mol. The zero-order valence-corrected chi connectivity index (χ0v) is 9.15. The van der Waals surface area contributed by atoms with Gasteiger partial charge in [0, 0.05) is 6.61 Å². The highest BCUT2D eigenvalue weighted by molar-refractivity contribution is 5.28. The van der Waals surface area contributed by atoms with Gasteiger partial charge in [0.15, 0.2) is 0 Å². The minimum absolute atomic E-state index is 0.307. The first-order valence-corrected chi connectivity index (χ1v) is 5.57. The molecule has 1 aliphatic rings. The van der Waals surface area contributed by atoms with Crippen LogP contribution in [-0.2, 0) is 6.42 Å². The average molecular weight is 206 g/mol. The Labute approximate surface area is 90.9 Å². The van der Waals surface area contributed by atoms with Gasteiger partial charge < -0.3 is 9.84 Å². The van der Waals surface area contributed by atoms with Crippen LogP contribution in [-0.4, -0.2) is 18.8 Å². The molecule has 1 aromatic rings. The summed E-state index contributed by atoms with van der Waals surface area (Å²) in [5.74, 6) is 2.10. The Kier molecular flexibility index (Phi) is 3.27. The van der Waals surface area contributed by atoms with Gasteiger partial charge >= 0.3 is 0 Å². The van der Waals surface area contributed by atoms with Crippen LogP contribution in [0.5, 0.6) is 5.75 Å². The molecular formula is C13H18O2. The predicted octanol–water partition coefficient (Wildman–Crippen LogP) is 2.26. The van der Waals surface area contributed by atoms with Crippen LogP contribution in [0.15, 0.2) is 24.3 Å². The van der Waals surface area contributed by atoms with Crippen molar-refractivity contribution in [1.82, 2.24) is 0 Å². The highest BCUT2D eigenvalue weighted by Gasteiger charge is 2.30. The topological polar surface area (TPSA) is 29.5 Å². The molecule has 1 fully saturated rings. The van der Waals surface area contributed by atoms with Gasteiger partial charge in [-0.15, -0.1) is 0 Å². The average Bonchev–Trinajstić information content (AvgIpc) is 3.10. The van der Waals surface area contributed by atoms with Crippen molar-refractivity contribution in [3.8, 4) is 5.75 Å². The molecule has 2 heteroatoms. The molecule has 1 aromatic carbocycles. The van der Waals surface area contributed by atoms with E-state index in [1.807, 2.05) is 12.1 Å². The van der Waals surface area contributed by atoms with Gasteiger partial charge in [-0.05, 0) is 48.8 Å². The summed E-state index contributed by atoms with van der Waals surface area (Å²) < 4.78 is 5.18. The summed E-state index contributed by atoms with van der Waals surface area (Å²) in [6.07, 6.45) is 3.54. The van der Waals surface area contributed by atoms with Crippen LogP contribution in [0.3, 0.4) is 0 Å². The summed E-state index contributed by atoms with van der Waals surface area (Å²) in [7, 11) is 1.68. The van der Waals surface area contributed by atoms with Gasteiger partial charge in [-0.3, -0.25) is 0 Å². The monoisotopic (exact) mass is 206 g/mol. The Hall–Kier alpha value is -1.02. The van der Waals surface area contributed by atoms with Crippen molar-refractivity contribution in [2.45, 2.75) is 19.3 Å². The Balaban J connectivity index is 2.01. The molecule has 0 heterocycles. The second-order valence-corrected chi connectivity index (χ2v) is 4.34. The van der Waals surface area contributed by atoms with Crippen LogP contribution in [0.2, 0.25) is 0 Å². The van der Waals surface area contributed by atoms with Crippen LogP contribution in [0.25, 0.3) is 0 Å². The number of rotatable bonds is 5. The van der Waals surface area contributed by atoms with Crippen LogP contribution in [0.1, 0.15) is 18.4 Å². The fourth-order valence-corrected chi connectivity index (χ4v) is 2.05. The maximum Gasteiger partial charge on any atom is 0.119 e. The molecule has 0 bridgehead atoms. The Bertz CT molecular complexity index is 318. The van der Waals surface area contributed by atoms with Crippen LogP contribution >= 0.6 is 0 Å². The molecule has 0 aromatic heterocycles. The largest absolute Gasteiger partial charge is 0.497 e. The van der Waals surface area contributed by atoms with Crippen molar-refractivity contribution in [3.63, 3.8) is 0 Å². The van der Waals surface area contributed by atoms with Crippen molar-refractivity contribution in [2.75, 3.05) is 13.7 Å². The summed E-state index contributed by atoms with van der Waals surface area (Å²) in [4.78, 5) is 0. The standard InChI is InChI=1S/C13H18O2/c1-15-13-4-2-3-10(8-13)7-12(9-14)11-5-6-11/h2-4,8,11-12,14H,5-7,9H2,1H3. The SMILES string of the molecule is COc1cccc(CC(CO)C2CC2)c1. The third kappa shape index (κ3) is 2.72. The maximum atomic E-state index is 9.29. The number of ether oxygens (including phenoxy) is 1. The molecule has 1 N–H and O–H groups in total. The number of methoxy groups -OCH3 is 1. The predicted molar refractivity (Wildman–Crippen MR) is 60.0 cm³/mol. The van der Waals surface area contributed by atoms with Crippen molar-refractivity contribution in [3.05, 3.63) is 29.8 Å². The van der Waals surface area contributed by atoms with E-state index in [1.165, 1.54) is 18.4 Å². The molecule has 0 aliphatic heterocycles. The van der Waals surface area contributed by atoms with Gasteiger partial charge in [0.1, 0.15) is 5.75 Å². The van der Waals surface area contributed by atoms with Crippen LogP contribution < -0.4 is 4.74 Å². The lowest BCUT2D eigenvalue weighted by atomic mass is 9.95. The van der Waals surface area contributed by atoms with Crippen LogP contribution in [0.4, 0.5) is 0 Å². The molecule has 1 saturated carbocycles. The van der Waals surface area contributed by atoms with Gasteiger partial charge in [-0.25, -0.2) is 0 Å². The molecule has 1 aliphatic carbocycles. The van der Waals surface area contributed by atoms with E-state index < -0.39 is 0 Å². The number of hydrogen-bond donors (Lipinski definition) is 1. The Morgan fingerprint density at radius 3 is 2.87 bits per heavy atom. The van der Waals surface area contributed by atoms with E-state index in [2.05, 4.69) is 12.1 Å². The molecule has 0 amide bonds. The van der Waals surface area contributed by atoms with Crippen molar-refractivity contribution in [2.24, 2.45) is 11.8 Å². The van der Waals surface area contributed by atoms with Gasteiger partial charge in [-0.1, -0.05) is 12.1 Å². The minimum Gasteiger partial charge on any atom is -0.497 e. The van der Waals surface area contributed by atoms with Crippen molar-refractivity contribution >= 4 is 0 Å². The molecule has 0 radical (unpaired) electrons. The van der Waals surface area contributed by atoms with Crippen molar-refractivity contribution in [1.29, 1.82) is 0 Å². The summed E-state index contributed by atoms with van der Waals surface area (Å²) in [6, 6.07) is 8.13. The minimum atomic E-state index is 0.307. The highest BCUT2D eigenvalue weighted by Crippen LogP contribution is 2.38. The van der Waals surface area contributed by atoms with E-state index in [0.717, 1.165) is 18.1 Å². The zero-order valence-electron chi connectivity index (χ0n) is 9.15. The van der Waals surface area contributed by atoms with Gasteiger partial charge in [-0.2, -0.15) is 0 Å². The lowest BCUT2D eigenvalue weighted by Gasteiger charge is -2.13. The highest BCUT2D eigenvalue weighted by atomic mass is 16.5. The molecule has 2 nitrogen and oxygen atoms in total. The fraction of sp³-hybridized carbons (Fsp3) is 0.538. The zero-order chi connectivity index (χ0) is 10.7. The number of aliphatic hydroxyl groups is 1. The first-order valence-electron chi connectivity index (χ1n) is 5.57. The second-order valence-electron chi connectivity index (χ2n) is 4.34. The van der Waals surface area contributed by atoms with E-state index in [-0.39, 0.29) is 0 Å². The quantitative estimate of drug-likeness (QED) is 0.800. The summed E-state index contributed by atoms with van der Waals surface area (Å²) in [6.45, 7) is 0.307. The molecule has 15 heavy (non-hydrogen) atoms.